The van der Waals surface area contributed by atoms with Crippen LogP contribution in [-0.2, 0) is 23.7 Å². The first-order valence-corrected chi connectivity index (χ1v) is 4.37. The molecule has 13 heteroatoms. The Balaban J connectivity index is -0.000000174. The molecule has 0 aliphatic heterocycles. The smallest absolute Gasteiger partial charge is 0.473 e. The van der Waals surface area contributed by atoms with Gasteiger partial charge >= 0.3 is 31.9 Å². The van der Waals surface area contributed by atoms with Gasteiger partial charge in [0.2, 0.25) is 0 Å². The van der Waals surface area contributed by atoms with Gasteiger partial charge in [0.25, 0.3) is 0 Å². The summed E-state index contributed by atoms with van der Waals surface area (Å²) < 4.78 is 28.7. The molecule has 0 spiro atoms. The number of aliphatic carboxylic acids is 4. The van der Waals surface area contributed by atoms with Gasteiger partial charge in [0, 0.05) is 0 Å². The number of carbonyl (C=O) groups is 4. The molecule has 0 saturated heterocycles. The second-order valence-electron chi connectivity index (χ2n) is 1.66. The van der Waals surface area contributed by atoms with Crippen molar-refractivity contribution in [2.24, 2.45) is 0 Å². The summed E-state index contributed by atoms with van der Waals surface area (Å²) in [5, 5.41) is 29.6. The normalized spacial score (nSPS) is 8.65. The second-order valence-corrected chi connectivity index (χ2v) is 2.52. The first-order valence-electron chi connectivity index (χ1n) is 2.93. The molecule has 0 heterocycles. The minimum Gasteiger partial charge on any atom is -0.473 e. The van der Waals surface area contributed by atoms with Crippen molar-refractivity contribution in [2.75, 3.05) is 0 Å². The Labute approximate surface area is 90.4 Å². The molecular formula is C4H5F2O10P. The van der Waals surface area contributed by atoms with Crippen molar-refractivity contribution in [2.45, 2.75) is 0 Å². The van der Waals surface area contributed by atoms with Crippen molar-refractivity contribution in [1.82, 2.24) is 0 Å². The lowest BCUT2D eigenvalue weighted by Gasteiger charge is -1.73. The van der Waals surface area contributed by atoms with Crippen LogP contribution in [-0.4, -0.2) is 49.2 Å². The minimum atomic E-state index is -5.64. The van der Waals surface area contributed by atoms with Gasteiger partial charge in [-0.05, 0) is 0 Å². The molecule has 0 fully saturated rings. The molecule has 0 radical (unpaired) electrons. The molecule has 0 unspecified atom stereocenters. The first-order chi connectivity index (χ1) is 7.29. The maximum Gasteiger partial charge on any atom is 0.549 e. The molecule has 0 aromatic carbocycles. The van der Waals surface area contributed by atoms with Crippen molar-refractivity contribution in [3.05, 3.63) is 0 Å². The summed E-state index contributed by atoms with van der Waals surface area (Å²) in [5.74, 6) is -7.30. The van der Waals surface area contributed by atoms with E-state index in [0.29, 0.717) is 0 Å². The van der Waals surface area contributed by atoms with Gasteiger partial charge in [-0.3, -0.25) is 4.89 Å². The molecule has 0 aromatic heterocycles. The molecule has 10 nitrogen and oxygen atoms in total. The first kappa shape index (κ1) is 20.4. The fourth-order valence-electron chi connectivity index (χ4n) is 0. The Morgan fingerprint density at radius 2 is 0.765 bits per heavy atom. The summed E-state index contributed by atoms with van der Waals surface area (Å²) >= 11 is 0. The third kappa shape index (κ3) is 56.4. The van der Waals surface area contributed by atoms with E-state index in [1.807, 2.05) is 0 Å². The predicted molar refractivity (Wildman–Crippen MR) is 42.6 cm³/mol. The van der Waals surface area contributed by atoms with Crippen LogP contribution in [0.3, 0.4) is 0 Å². The minimum absolute atomic E-state index is 1.82. The highest BCUT2D eigenvalue weighted by Gasteiger charge is 2.09. The van der Waals surface area contributed by atoms with Crippen LogP contribution in [0.2, 0.25) is 0 Å². The highest BCUT2D eigenvalue weighted by Crippen LogP contribution is 2.43. The van der Waals surface area contributed by atoms with Crippen LogP contribution < -0.4 is 0 Å². The van der Waals surface area contributed by atoms with Crippen LogP contribution in [0.15, 0.2) is 0 Å². The molecular weight excluding hydrogens is 277 g/mol. The standard InChI is InChI=1S/2C2H2O4.F2HO2P/c2*3-1(4)2(5)6;1-5(2,3)4/h2*(H,3,4)(H,5,6);(H,3,4). The maximum atomic E-state index is 10.1. The molecule has 17 heavy (non-hydrogen) atoms. The Morgan fingerprint density at radius 1 is 0.706 bits per heavy atom. The van der Waals surface area contributed by atoms with E-state index in [1.165, 1.54) is 0 Å². The van der Waals surface area contributed by atoms with Crippen molar-refractivity contribution < 1.29 is 57.5 Å². The van der Waals surface area contributed by atoms with Crippen LogP contribution in [0.4, 0.5) is 8.39 Å². The molecule has 0 bridgehead atoms. The molecule has 0 amide bonds. The lowest BCUT2D eigenvalue weighted by atomic mass is 10.7. The second kappa shape index (κ2) is 9.18. The lowest BCUT2D eigenvalue weighted by molar-refractivity contribution is -0.159. The van der Waals surface area contributed by atoms with Crippen LogP contribution in [0.1, 0.15) is 0 Å². The molecule has 0 aromatic rings. The van der Waals surface area contributed by atoms with Gasteiger partial charge < -0.3 is 20.4 Å². The van der Waals surface area contributed by atoms with Crippen LogP contribution in [0.25, 0.3) is 0 Å². The summed E-state index contributed by atoms with van der Waals surface area (Å²) in [6.07, 6.45) is 0. The SMILES string of the molecule is O=C(O)C(=O)O.O=C(O)C(=O)O.O=P(O)(F)F. The van der Waals surface area contributed by atoms with Crippen molar-refractivity contribution >= 4 is 31.9 Å². The third-order valence-electron chi connectivity index (χ3n) is 0.366. The highest BCUT2D eigenvalue weighted by molar-refractivity contribution is 7.46. The van der Waals surface area contributed by atoms with Crippen LogP contribution >= 0.6 is 7.99 Å². The van der Waals surface area contributed by atoms with Crippen molar-refractivity contribution in [1.29, 1.82) is 0 Å². The van der Waals surface area contributed by atoms with Gasteiger partial charge in [-0.2, -0.15) is 0 Å². The zero-order valence-corrected chi connectivity index (χ0v) is 8.37. The van der Waals surface area contributed by atoms with Crippen molar-refractivity contribution in [3.63, 3.8) is 0 Å². The van der Waals surface area contributed by atoms with Gasteiger partial charge in [0.1, 0.15) is 0 Å². The Morgan fingerprint density at radius 3 is 0.765 bits per heavy atom. The number of halogens is 2. The molecule has 0 aliphatic carbocycles. The molecule has 0 saturated carbocycles. The zero-order valence-electron chi connectivity index (χ0n) is 7.48. The molecule has 100 valence electrons. The number of rotatable bonds is 0. The summed E-state index contributed by atoms with van der Waals surface area (Å²) in [6, 6.07) is 0. The molecule has 5 N–H and O–H groups in total. The summed E-state index contributed by atoms with van der Waals surface area (Å²) in [7, 11) is -5.64. The van der Waals surface area contributed by atoms with Crippen LogP contribution in [0.5, 0.6) is 0 Å². The summed E-state index contributed by atoms with van der Waals surface area (Å²) in [4.78, 5) is 43.1. The Hall–Kier alpha value is -2.07. The van der Waals surface area contributed by atoms with E-state index in [2.05, 4.69) is 0 Å². The quantitative estimate of drug-likeness (QED) is 0.281. The highest BCUT2D eigenvalue weighted by atomic mass is 31.2. The van der Waals surface area contributed by atoms with Gasteiger partial charge in [-0.15, -0.1) is 8.39 Å². The number of carboxylic acid groups (broad SMARTS) is 4. The van der Waals surface area contributed by atoms with E-state index >= 15 is 0 Å². The lowest BCUT2D eigenvalue weighted by Crippen LogP contribution is -2.09. The average molecular weight is 282 g/mol. The van der Waals surface area contributed by atoms with Gasteiger partial charge in [0.15, 0.2) is 0 Å². The molecule has 0 rings (SSSR count). The zero-order chi connectivity index (χ0) is 14.8. The van der Waals surface area contributed by atoms with E-state index in [4.69, 9.17) is 49.1 Å². The van der Waals surface area contributed by atoms with E-state index < -0.39 is 31.9 Å². The number of hydrogen-bond donors (Lipinski definition) is 5. The topological polar surface area (TPSA) is 186 Å². The van der Waals surface area contributed by atoms with Gasteiger partial charge in [-0.25, -0.2) is 23.7 Å². The van der Waals surface area contributed by atoms with Gasteiger partial charge in [0.05, 0.1) is 0 Å². The van der Waals surface area contributed by atoms with Crippen molar-refractivity contribution in [3.8, 4) is 0 Å². The summed E-state index contributed by atoms with van der Waals surface area (Å²) in [6.45, 7) is 0. The van der Waals surface area contributed by atoms with E-state index in [1.54, 1.807) is 0 Å². The van der Waals surface area contributed by atoms with E-state index in [-0.39, 0.29) is 0 Å². The molecule has 0 atom stereocenters. The molecule has 0 aliphatic rings. The van der Waals surface area contributed by atoms with E-state index in [9.17, 15) is 8.39 Å². The Bertz CT molecular complexity index is 288. The Kier molecular flexibility index (Phi) is 11.0. The van der Waals surface area contributed by atoms with E-state index in [0.717, 1.165) is 0 Å². The number of carboxylic acids is 4. The third-order valence-corrected chi connectivity index (χ3v) is 0.366. The average Bonchev–Trinajstić information content (AvgIpc) is 2.01. The van der Waals surface area contributed by atoms with Crippen LogP contribution in [0, 0.1) is 0 Å². The number of hydrogen-bond acceptors (Lipinski definition) is 5. The summed E-state index contributed by atoms with van der Waals surface area (Å²) in [5.41, 5.74) is 0. The maximum absolute atomic E-state index is 10.1. The fourth-order valence-corrected chi connectivity index (χ4v) is 0. The largest absolute Gasteiger partial charge is 0.549 e. The predicted octanol–water partition coefficient (Wildman–Crippen LogP) is -0.663. The fraction of sp³-hybridized carbons (Fsp3) is 0. The van der Waals surface area contributed by atoms with Gasteiger partial charge in [-0.1, -0.05) is 0 Å². The monoisotopic (exact) mass is 282 g/mol.